The van der Waals surface area contributed by atoms with Crippen molar-refractivity contribution in [2.75, 3.05) is 6.54 Å². The smallest absolute Gasteiger partial charge is 0.444 e. The first-order valence-electron chi connectivity index (χ1n) is 14.6. The van der Waals surface area contributed by atoms with Crippen molar-refractivity contribution in [3.8, 4) is 22.3 Å². The van der Waals surface area contributed by atoms with Crippen molar-refractivity contribution in [2.45, 2.75) is 77.4 Å². The van der Waals surface area contributed by atoms with Gasteiger partial charge in [-0.25, -0.2) is 14.4 Å². The third-order valence-corrected chi connectivity index (χ3v) is 7.66. The van der Waals surface area contributed by atoms with Gasteiger partial charge in [-0.3, -0.25) is 15.0 Å². The van der Waals surface area contributed by atoms with Crippen molar-refractivity contribution >= 4 is 35.4 Å². The Balaban J connectivity index is 1.64. The van der Waals surface area contributed by atoms with Gasteiger partial charge >= 0.3 is 18.4 Å². The number of carbonyl (C=O) groups is 3. The van der Waals surface area contributed by atoms with E-state index in [1.54, 1.807) is 53.0 Å². The Morgan fingerprint density at radius 1 is 0.957 bits per heavy atom. The number of hydrogen-bond acceptors (Lipinski definition) is 12. The van der Waals surface area contributed by atoms with Crippen molar-refractivity contribution in [2.24, 2.45) is 0 Å². The minimum Gasteiger partial charge on any atom is -0.444 e. The van der Waals surface area contributed by atoms with E-state index >= 15 is 0 Å². The molecule has 1 aromatic heterocycles. The van der Waals surface area contributed by atoms with Crippen LogP contribution in [0.15, 0.2) is 60.0 Å². The van der Waals surface area contributed by atoms with Gasteiger partial charge in [-0.05, 0) is 77.3 Å². The molecule has 0 bridgehead atoms. The van der Waals surface area contributed by atoms with Crippen LogP contribution >= 0.6 is 11.3 Å². The lowest BCUT2D eigenvalue weighted by Gasteiger charge is -2.30. The van der Waals surface area contributed by atoms with Crippen LogP contribution in [0.2, 0.25) is 0 Å². The summed E-state index contributed by atoms with van der Waals surface area (Å²) in [6, 6.07) is 15.3. The van der Waals surface area contributed by atoms with Crippen molar-refractivity contribution in [1.29, 1.82) is 5.26 Å². The summed E-state index contributed by atoms with van der Waals surface area (Å²) in [6.07, 6.45) is -5.15. The number of benzene rings is 2. The van der Waals surface area contributed by atoms with Crippen molar-refractivity contribution in [3.63, 3.8) is 0 Å². The van der Waals surface area contributed by atoms with E-state index in [0.717, 1.165) is 16.0 Å². The van der Waals surface area contributed by atoms with Crippen LogP contribution in [0.4, 0.5) is 20.1 Å². The first kappa shape index (κ1) is 34.7. The summed E-state index contributed by atoms with van der Waals surface area (Å²) in [4.78, 5) is 52.0. The van der Waals surface area contributed by atoms with E-state index in [-0.39, 0.29) is 24.4 Å². The second-order valence-electron chi connectivity index (χ2n) is 12.7. The quantitative estimate of drug-likeness (QED) is 0.0819. The second-order valence-corrected chi connectivity index (χ2v) is 13.6. The number of likely N-dealkylation sites (tertiary alicyclic amines) is 1. The van der Waals surface area contributed by atoms with Crippen molar-refractivity contribution < 1.29 is 43.0 Å². The predicted molar refractivity (Wildman–Crippen MR) is 170 cm³/mol. The third-order valence-electron chi connectivity index (χ3n) is 6.68. The maximum Gasteiger partial charge on any atom is 0.514 e. The number of thiophene rings is 1. The molecule has 1 saturated heterocycles. The lowest BCUT2D eigenvalue weighted by Crippen LogP contribution is -2.45. The molecule has 13 nitrogen and oxygen atoms in total. The molecular formula is C33H35N3O10S. The fraction of sp³-hybridized carbons (Fsp3) is 0.394. The maximum absolute atomic E-state index is 13.5. The van der Waals surface area contributed by atoms with Gasteiger partial charge in [-0.1, -0.05) is 24.3 Å². The highest BCUT2D eigenvalue weighted by Gasteiger charge is 2.50. The molecule has 47 heavy (non-hydrogen) atoms. The van der Waals surface area contributed by atoms with E-state index in [9.17, 15) is 29.8 Å². The Labute approximate surface area is 275 Å². The van der Waals surface area contributed by atoms with Gasteiger partial charge in [0.2, 0.25) is 0 Å². The zero-order chi connectivity index (χ0) is 34.5. The molecule has 248 valence electrons. The van der Waals surface area contributed by atoms with Gasteiger partial charge in [-0.15, -0.1) is 11.3 Å². The first-order valence-corrected chi connectivity index (χ1v) is 15.5. The molecule has 0 unspecified atom stereocenters. The number of rotatable bonds is 7. The number of nitro groups is 1. The van der Waals surface area contributed by atoms with E-state index in [0.29, 0.717) is 5.56 Å². The Bertz CT molecular complexity index is 1650. The van der Waals surface area contributed by atoms with E-state index in [2.05, 4.69) is 6.07 Å². The third kappa shape index (κ3) is 9.67. The number of amides is 1. The Kier molecular flexibility index (Phi) is 10.4. The highest BCUT2D eigenvalue weighted by atomic mass is 32.1. The van der Waals surface area contributed by atoms with Crippen LogP contribution in [-0.2, 0) is 25.4 Å². The van der Waals surface area contributed by atoms with Gasteiger partial charge in [0.05, 0.1) is 23.1 Å². The van der Waals surface area contributed by atoms with E-state index in [1.165, 1.54) is 40.5 Å². The molecule has 1 aliphatic rings. The number of ether oxygens (including phenoxy) is 5. The van der Waals surface area contributed by atoms with Gasteiger partial charge in [0.15, 0.2) is 12.2 Å². The topological polar surface area (TPSA) is 168 Å². The van der Waals surface area contributed by atoms with E-state index in [4.69, 9.17) is 23.7 Å². The molecule has 1 fully saturated rings. The molecule has 2 aromatic carbocycles. The summed E-state index contributed by atoms with van der Waals surface area (Å²) >= 11 is 1.44. The minimum absolute atomic E-state index is 0.0209. The number of nitrogens with zero attached hydrogens (tertiary/aromatic N) is 3. The summed E-state index contributed by atoms with van der Waals surface area (Å²) in [6.45, 7) is 9.93. The van der Waals surface area contributed by atoms with E-state index < -0.39 is 52.8 Å². The Hall–Kier alpha value is -5.16. The number of non-ortho nitro benzene ring substituents is 1. The largest absolute Gasteiger partial charge is 0.514 e. The average Bonchev–Trinajstić information content (AvgIpc) is 3.57. The molecule has 3 aromatic rings. The molecule has 1 amide bonds. The monoisotopic (exact) mass is 665 g/mol. The first-order chi connectivity index (χ1) is 22.0. The normalized spacial score (nSPS) is 17.7. The molecule has 2 heterocycles. The highest BCUT2D eigenvalue weighted by molar-refractivity contribution is 7.13. The Morgan fingerprint density at radius 3 is 2.15 bits per heavy atom. The molecule has 3 atom stereocenters. The maximum atomic E-state index is 13.5. The number of carbonyl (C=O) groups excluding carboxylic acids is 3. The second kappa shape index (κ2) is 14.1. The minimum atomic E-state index is -1.23. The van der Waals surface area contributed by atoms with Crippen LogP contribution in [0.25, 0.3) is 10.4 Å². The number of nitro benzene ring substituents is 1. The fourth-order valence-corrected chi connectivity index (χ4v) is 5.57. The van der Waals surface area contributed by atoms with Crippen molar-refractivity contribution in [1.82, 2.24) is 4.90 Å². The number of hydrogen-bond donors (Lipinski definition) is 0. The summed E-state index contributed by atoms with van der Waals surface area (Å²) < 4.78 is 27.6. The van der Waals surface area contributed by atoms with Crippen LogP contribution in [0.3, 0.4) is 0 Å². The SMILES string of the molecule is CC(C)(C)OC(=O)O[C@H]1CN(C(=O)OC(C)(C)C)[C@H](Cc2ccc(-c3cc(C#N)cs3)cc2)[C@@H]1OC(=O)Oc1ccc([N+](=O)[O-])cc1. The van der Waals surface area contributed by atoms with Crippen LogP contribution < -0.4 is 4.74 Å². The molecule has 0 N–H and O–H groups in total. The molecule has 4 rings (SSSR count). The van der Waals surface area contributed by atoms with Gasteiger partial charge < -0.3 is 23.7 Å². The van der Waals surface area contributed by atoms with Crippen molar-refractivity contribution in [3.05, 3.63) is 81.2 Å². The van der Waals surface area contributed by atoms with E-state index in [1.807, 2.05) is 24.3 Å². The zero-order valence-corrected chi connectivity index (χ0v) is 27.6. The average molecular weight is 666 g/mol. The van der Waals surface area contributed by atoms with Gasteiger partial charge in [0, 0.05) is 22.4 Å². The molecule has 1 aliphatic heterocycles. The van der Waals surface area contributed by atoms with Gasteiger partial charge in [-0.2, -0.15) is 5.26 Å². The van der Waals surface area contributed by atoms with Crippen LogP contribution in [-0.4, -0.2) is 64.2 Å². The molecule has 0 aliphatic carbocycles. The van der Waals surface area contributed by atoms with Gasteiger partial charge in [0.1, 0.15) is 23.0 Å². The van der Waals surface area contributed by atoms with Crippen LogP contribution in [0, 0.1) is 21.4 Å². The molecular weight excluding hydrogens is 630 g/mol. The molecule has 0 radical (unpaired) electrons. The summed E-state index contributed by atoms with van der Waals surface area (Å²) in [5, 5.41) is 22.0. The summed E-state index contributed by atoms with van der Waals surface area (Å²) in [5.74, 6) is -0.0209. The van der Waals surface area contributed by atoms with Crippen LogP contribution in [0.5, 0.6) is 5.75 Å². The zero-order valence-electron chi connectivity index (χ0n) is 26.8. The molecule has 0 spiro atoms. The fourth-order valence-electron chi connectivity index (χ4n) is 4.73. The Morgan fingerprint density at radius 2 is 1.60 bits per heavy atom. The van der Waals surface area contributed by atoms with Gasteiger partial charge in [0.25, 0.3) is 5.69 Å². The summed E-state index contributed by atoms with van der Waals surface area (Å²) in [5.41, 5.74) is 0.270. The number of nitriles is 1. The lowest BCUT2D eigenvalue weighted by molar-refractivity contribution is -0.384. The highest BCUT2D eigenvalue weighted by Crippen LogP contribution is 2.32. The molecule has 0 saturated carbocycles. The lowest BCUT2D eigenvalue weighted by atomic mass is 9.99. The molecule has 14 heteroatoms. The standard InChI is InChI=1S/C33H35N3O10S/c1-32(2,3)45-29(37)35-18-26(43-31(39)46-33(4,5)6)28(44-30(38)42-24-13-11-23(12-14-24)36(40)41)25(35)15-20-7-9-22(10-8-20)27-16-21(17-34)19-47-27/h7-14,16,19,25-26,28H,15,18H2,1-6H3/t25-,26+,28+/m1/s1. The summed E-state index contributed by atoms with van der Waals surface area (Å²) in [7, 11) is 0. The predicted octanol–water partition coefficient (Wildman–Crippen LogP) is 7.26. The van der Waals surface area contributed by atoms with Crippen LogP contribution in [0.1, 0.15) is 52.7 Å².